The number of hydrogen-bond acceptors (Lipinski definition) is 4. The van der Waals surface area contributed by atoms with Crippen LogP contribution in [0.15, 0.2) is 24.3 Å². The minimum atomic E-state index is -0.539. The Hall–Kier alpha value is -1.92. The first-order valence-corrected chi connectivity index (χ1v) is 9.54. The van der Waals surface area contributed by atoms with Crippen LogP contribution in [0, 0.1) is 5.92 Å². The summed E-state index contributed by atoms with van der Waals surface area (Å²) in [6.07, 6.45) is 2.76. The zero-order valence-corrected chi connectivity index (χ0v) is 15.6. The lowest BCUT2D eigenvalue weighted by Crippen LogP contribution is -2.56. The first-order valence-electron chi connectivity index (χ1n) is 9.54. The van der Waals surface area contributed by atoms with Crippen LogP contribution in [0.5, 0.6) is 0 Å². The Bertz CT molecular complexity index is 641. The summed E-state index contributed by atoms with van der Waals surface area (Å²) in [5, 5.41) is 9.14. The Labute approximate surface area is 155 Å². The number of carbonyl (C=O) groups excluding carboxylic acids is 2. The molecule has 2 aliphatic heterocycles. The van der Waals surface area contributed by atoms with Crippen molar-refractivity contribution in [2.75, 3.05) is 13.2 Å². The van der Waals surface area contributed by atoms with E-state index < -0.39 is 6.04 Å². The third-order valence-electron chi connectivity index (χ3n) is 5.17. The van der Waals surface area contributed by atoms with E-state index in [2.05, 4.69) is 28.1 Å². The topological polar surface area (TPSA) is 79.5 Å². The van der Waals surface area contributed by atoms with Gasteiger partial charge >= 0.3 is 0 Å². The standard InChI is InChI=1S/C20H29N3O3/c1-13(2)18(20(25)22-12-16-8-5-9-26-16)23-19(24)17-10-14-6-3-4-7-15(14)11-21-17/h3-4,6-7,13,16-18,21H,5,8-12H2,1-2H3,(H,22,25)(H,23,24)/t16-,17-,18-/m0/s1. The van der Waals surface area contributed by atoms with Crippen molar-refractivity contribution in [3.05, 3.63) is 35.4 Å². The van der Waals surface area contributed by atoms with Gasteiger partial charge in [-0.1, -0.05) is 38.1 Å². The molecule has 0 spiro atoms. The Morgan fingerprint density at radius 3 is 2.73 bits per heavy atom. The second-order valence-corrected chi connectivity index (χ2v) is 7.52. The summed E-state index contributed by atoms with van der Waals surface area (Å²) in [5.41, 5.74) is 2.42. The molecule has 1 aromatic carbocycles. The van der Waals surface area contributed by atoms with Gasteiger partial charge in [-0.25, -0.2) is 0 Å². The summed E-state index contributed by atoms with van der Waals surface area (Å²) in [7, 11) is 0. The highest BCUT2D eigenvalue weighted by atomic mass is 16.5. The van der Waals surface area contributed by atoms with Gasteiger partial charge in [-0.2, -0.15) is 0 Å². The van der Waals surface area contributed by atoms with E-state index in [-0.39, 0.29) is 29.9 Å². The van der Waals surface area contributed by atoms with E-state index in [4.69, 9.17) is 4.74 Å². The van der Waals surface area contributed by atoms with E-state index in [9.17, 15) is 9.59 Å². The molecule has 1 aromatic rings. The summed E-state index contributed by atoms with van der Waals surface area (Å²) in [6.45, 7) is 5.83. The molecule has 2 heterocycles. The first kappa shape index (κ1) is 18.9. The van der Waals surface area contributed by atoms with Crippen LogP contribution in [-0.2, 0) is 27.3 Å². The maximum atomic E-state index is 12.7. The summed E-state index contributed by atoms with van der Waals surface area (Å²) < 4.78 is 5.54. The van der Waals surface area contributed by atoms with Crippen molar-refractivity contribution in [2.45, 2.75) is 57.8 Å². The summed E-state index contributed by atoms with van der Waals surface area (Å²) in [5.74, 6) is -0.246. The maximum Gasteiger partial charge on any atom is 0.242 e. The number of benzene rings is 1. The van der Waals surface area contributed by atoms with Gasteiger partial charge in [0, 0.05) is 19.7 Å². The zero-order chi connectivity index (χ0) is 18.5. The van der Waals surface area contributed by atoms with Crippen molar-refractivity contribution in [2.24, 2.45) is 5.92 Å². The molecule has 3 N–H and O–H groups in total. The van der Waals surface area contributed by atoms with Crippen molar-refractivity contribution >= 4 is 11.8 Å². The van der Waals surface area contributed by atoms with E-state index >= 15 is 0 Å². The largest absolute Gasteiger partial charge is 0.376 e. The van der Waals surface area contributed by atoms with E-state index in [0.29, 0.717) is 19.5 Å². The molecule has 0 unspecified atom stereocenters. The highest BCUT2D eigenvalue weighted by Gasteiger charge is 2.30. The molecule has 6 nitrogen and oxygen atoms in total. The molecule has 1 fully saturated rings. The Balaban J connectivity index is 1.55. The molecule has 0 aromatic heterocycles. The molecule has 3 rings (SSSR count). The van der Waals surface area contributed by atoms with Crippen LogP contribution in [-0.4, -0.2) is 43.2 Å². The first-order chi connectivity index (χ1) is 12.5. The molecule has 1 saturated heterocycles. The molecule has 0 saturated carbocycles. The van der Waals surface area contributed by atoms with Gasteiger partial charge in [-0.3, -0.25) is 9.59 Å². The molecule has 2 amide bonds. The second kappa shape index (κ2) is 8.64. The zero-order valence-electron chi connectivity index (χ0n) is 15.6. The van der Waals surface area contributed by atoms with Gasteiger partial charge in [-0.05, 0) is 36.3 Å². The van der Waals surface area contributed by atoms with E-state index in [1.165, 1.54) is 11.1 Å². The fourth-order valence-corrected chi connectivity index (χ4v) is 3.56. The van der Waals surface area contributed by atoms with Crippen LogP contribution >= 0.6 is 0 Å². The summed E-state index contributed by atoms with van der Waals surface area (Å²) >= 11 is 0. The van der Waals surface area contributed by atoms with Gasteiger partial charge in [0.25, 0.3) is 0 Å². The van der Waals surface area contributed by atoms with Crippen LogP contribution < -0.4 is 16.0 Å². The minimum absolute atomic E-state index is 0.0133. The number of fused-ring (bicyclic) bond motifs is 1. The van der Waals surface area contributed by atoms with Crippen molar-refractivity contribution in [1.82, 2.24) is 16.0 Å². The third-order valence-corrected chi connectivity index (χ3v) is 5.17. The normalized spacial score (nSPS) is 23.3. The average Bonchev–Trinajstić information content (AvgIpc) is 3.17. The molecule has 2 aliphatic rings. The van der Waals surface area contributed by atoms with Crippen LogP contribution in [0.4, 0.5) is 0 Å². The van der Waals surface area contributed by atoms with E-state index in [0.717, 1.165) is 19.4 Å². The average molecular weight is 359 g/mol. The predicted molar refractivity (Wildman–Crippen MR) is 99.5 cm³/mol. The highest BCUT2D eigenvalue weighted by molar-refractivity contribution is 5.90. The Kier molecular flexibility index (Phi) is 6.27. The monoisotopic (exact) mass is 359 g/mol. The number of hydrogen-bond donors (Lipinski definition) is 3. The van der Waals surface area contributed by atoms with Gasteiger partial charge in [0.15, 0.2) is 0 Å². The van der Waals surface area contributed by atoms with Crippen molar-refractivity contribution in [1.29, 1.82) is 0 Å². The van der Waals surface area contributed by atoms with Crippen LogP contribution in [0.3, 0.4) is 0 Å². The van der Waals surface area contributed by atoms with Crippen LogP contribution in [0.25, 0.3) is 0 Å². The Morgan fingerprint density at radius 2 is 2.04 bits per heavy atom. The molecular formula is C20H29N3O3. The lowest BCUT2D eigenvalue weighted by Gasteiger charge is -2.28. The van der Waals surface area contributed by atoms with Gasteiger partial charge in [0.1, 0.15) is 6.04 Å². The van der Waals surface area contributed by atoms with Gasteiger partial charge in [-0.15, -0.1) is 0 Å². The van der Waals surface area contributed by atoms with Gasteiger partial charge in [0.2, 0.25) is 11.8 Å². The number of amides is 2. The van der Waals surface area contributed by atoms with Gasteiger partial charge in [0.05, 0.1) is 12.1 Å². The number of nitrogens with one attached hydrogen (secondary N) is 3. The second-order valence-electron chi connectivity index (χ2n) is 7.52. The number of rotatable bonds is 6. The number of ether oxygens (including phenoxy) is 1. The number of carbonyl (C=O) groups is 2. The van der Waals surface area contributed by atoms with Crippen molar-refractivity contribution in [3.8, 4) is 0 Å². The highest BCUT2D eigenvalue weighted by Crippen LogP contribution is 2.17. The van der Waals surface area contributed by atoms with Crippen LogP contribution in [0.2, 0.25) is 0 Å². The molecule has 6 heteroatoms. The third kappa shape index (κ3) is 4.62. The van der Waals surface area contributed by atoms with E-state index in [1.54, 1.807) is 0 Å². The lowest BCUT2D eigenvalue weighted by molar-refractivity contribution is -0.131. The predicted octanol–water partition coefficient (Wildman–Crippen LogP) is 1.14. The molecule has 26 heavy (non-hydrogen) atoms. The lowest BCUT2D eigenvalue weighted by atomic mass is 9.94. The van der Waals surface area contributed by atoms with E-state index in [1.807, 2.05) is 26.0 Å². The maximum absolute atomic E-state index is 12.7. The molecule has 0 radical (unpaired) electrons. The molecule has 142 valence electrons. The van der Waals surface area contributed by atoms with Crippen molar-refractivity contribution in [3.63, 3.8) is 0 Å². The molecular weight excluding hydrogens is 330 g/mol. The summed E-state index contributed by atoms with van der Waals surface area (Å²) in [6, 6.07) is 7.29. The fraction of sp³-hybridized carbons (Fsp3) is 0.600. The van der Waals surface area contributed by atoms with Crippen molar-refractivity contribution < 1.29 is 14.3 Å². The molecule has 0 bridgehead atoms. The Morgan fingerprint density at radius 1 is 1.27 bits per heavy atom. The molecule has 3 atom stereocenters. The van der Waals surface area contributed by atoms with Gasteiger partial charge < -0.3 is 20.7 Å². The minimum Gasteiger partial charge on any atom is -0.376 e. The molecule has 0 aliphatic carbocycles. The summed E-state index contributed by atoms with van der Waals surface area (Å²) in [4.78, 5) is 25.3. The smallest absolute Gasteiger partial charge is 0.242 e. The fourth-order valence-electron chi connectivity index (χ4n) is 3.56. The quantitative estimate of drug-likeness (QED) is 0.712. The SMILES string of the molecule is CC(C)[C@H](NC(=O)[C@@H]1Cc2ccccc2CN1)C(=O)NC[C@@H]1CCCO1. The van der Waals surface area contributed by atoms with Crippen LogP contribution in [0.1, 0.15) is 37.8 Å².